The fraction of sp³-hybridized carbons (Fsp3) is 0.625. The maximum Gasteiger partial charge on any atom is 0.124 e. The minimum Gasteiger partial charge on any atom is -0.368 e. The number of fused-ring (bicyclic) bond motifs is 1. The number of anilines is 1. The molecule has 60 valence electrons. The van der Waals surface area contributed by atoms with Crippen LogP contribution in [-0.4, -0.2) is 15.8 Å². The zero-order valence-electron chi connectivity index (χ0n) is 6.96. The third-order valence-corrected chi connectivity index (χ3v) is 2.07. The van der Waals surface area contributed by atoms with Gasteiger partial charge in [-0.3, -0.25) is 0 Å². The van der Waals surface area contributed by atoms with Crippen LogP contribution in [0.3, 0.4) is 0 Å². The van der Waals surface area contributed by atoms with E-state index in [9.17, 15) is 0 Å². The van der Waals surface area contributed by atoms with Crippen molar-refractivity contribution in [3.8, 4) is 0 Å². The van der Waals surface area contributed by atoms with E-state index in [0.29, 0.717) is 6.04 Å². The molecule has 1 aliphatic rings. The number of nitrogens with zero attached hydrogens (tertiary/aromatic N) is 2. The molecule has 0 aliphatic carbocycles. The van der Waals surface area contributed by atoms with Gasteiger partial charge in [0, 0.05) is 18.7 Å². The Morgan fingerprint density at radius 1 is 1.73 bits per heavy atom. The molecule has 1 aromatic heterocycles. The van der Waals surface area contributed by atoms with Gasteiger partial charge in [0.2, 0.25) is 0 Å². The van der Waals surface area contributed by atoms with Gasteiger partial charge in [-0.2, -0.15) is 5.10 Å². The van der Waals surface area contributed by atoms with E-state index in [-0.39, 0.29) is 0 Å². The summed E-state index contributed by atoms with van der Waals surface area (Å²) in [5, 5.41) is 7.72. The van der Waals surface area contributed by atoms with Crippen LogP contribution < -0.4 is 5.32 Å². The minimum atomic E-state index is 0.596. The van der Waals surface area contributed by atoms with Gasteiger partial charge in [-0.15, -0.1) is 0 Å². The molecule has 0 radical (unpaired) electrons. The van der Waals surface area contributed by atoms with Crippen molar-refractivity contribution in [1.29, 1.82) is 0 Å². The van der Waals surface area contributed by atoms with Gasteiger partial charge in [-0.1, -0.05) is 0 Å². The summed E-state index contributed by atoms with van der Waals surface area (Å²) in [4.78, 5) is 0. The third-order valence-electron chi connectivity index (χ3n) is 2.07. The van der Waals surface area contributed by atoms with Gasteiger partial charge in [0.05, 0.1) is 5.69 Å². The summed E-state index contributed by atoms with van der Waals surface area (Å²) >= 11 is 0. The molecule has 1 unspecified atom stereocenters. The maximum absolute atomic E-state index is 4.34. The van der Waals surface area contributed by atoms with Crippen molar-refractivity contribution in [3.05, 3.63) is 11.8 Å². The van der Waals surface area contributed by atoms with Gasteiger partial charge >= 0.3 is 0 Å². The van der Waals surface area contributed by atoms with Crippen molar-refractivity contribution in [2.75, 3.05) is 5.32 Å². The molecular weight excluding hydrogens is 138 g/mol. The summed E-state index contributed by atoms with van der Waals surface area (Å²) in [7, 11) is 0. The molecule has 0 spiro atoms. The molecule has 0 amide bonds. The first-order chi connectivity index (χ1) is 5.25. The lowest BCUT2D eigenvalue weighted by atomic mass is 10.2. The average Bonchev–Trinajstić information content (AvgIpc) is 2.27. The minimum absolute atomic E-state index is 0.596. The number of hydrogen-bond acceptors (Lipinski definition) is 2. The standard InChI is InChI=1S/C8H13N3/c1-6-3-4-11-8(9-6)5-7(2)10-11/h5-6,9H,3-4H2,1-2H3. The van der Waals surface area contributed by atoms with E-state index in [1.54, 1.807) is 0 Å². The highest BCUT2D eigenvalue weighted by molar-refractivity contribution is 5.39. The SMILES string of the molecule is Cc1cc2n(n1)CCC(C)N2. The third kappa shape index (κ3) is 1.11. The molecule has 3 heteroatoms. The van der Waals surface area contributed by atoms with E-state index < -0.39 is 0 Å². The van der Waals surface area contributed by atoms with Gasteiger partial charge in [-0.05, 0) is 20.3 Å². The normalized spacial score (nSPS) is 22.5. The predicted octanol–water partition coefficient (Wildman–Crippen LogP) is 1.40. The lowest BCUT2D eigenvalue weighted by Gasteiger charge is -2.21. The first kappa shape index (κ1) is 6.70. The highest BCUT2D eigenvalue weighted by Crippen LogP contribution is 2.17. The first-order valence-corrected chi connectivity index (χ1v) is 4.07. The highest BCUT2D eigenvalue weighted by Gasteiger charge is 2.14. The summed E-state index contributed by atoms with van der Waals surface area (Å²) in [6, 6.07) is 2.69. The van der Waals surface area contributed by atoms with Gasteiger partial charge in [-0.25, -0.2) is 4.68 Å². The number of aryl methyl sites for hydroxylation is 2. The van der Waals surface area contributed by atoms with Crippen LogP contribution in [0.5, 0.6) is 0 Å². The number of aromatic nitrogens is 2. The van der Waals surface area contributed by atoms with Crippen molar-refractivity contribution < 1.29 is 0 Å². The molecule has 0 fully saturated rings. The second kappa shape index (κ2) is 2.26. The quantitative estimate of drug-likeness (QED) is 0.607. The largest absolute Gasteiger partial charge is 0.368 e. The molecule has 2 heterocycles. The topological polar surface area (TPSA) is 29.9 Å². The van der Waals surface area contributed by atoms with Gasteiger partial charge in [0.1, 0.15) is 5.82 Å². The molecule has 0 saturated carbocycles. The molecule has 2 rings (SSSR count). The van der Waals surface area contributed by atoms with E-state index >= 15 is 0 Å². The van der Waals surface area contributed by atoms with E-state index in [1.807, 2.05) is 11.6 Å². The second-order valence-corrected chi connectivity index (χ2v) is 3.23. The zero-order valence-corrected chi connectivity index (χ0v) is 6.96. The lowest BCUT2D eigenvalue weighted by Crippen LogP contribution is -2.25. The molecule has 1 atom stereocenters. The average molecular weight is 151 g/mol. The van der Waals surface area contributed by atoms with E-state index in [2.05, 4.69) is 23.4 Å². The second-order valence-electron chi connectivity index (χ2n) is 3.23. The lowest BCUT2D eigenvalue weighted by molar-refractivity contribution is 0.510. The number of hydrogen-bond donors (Lipinski definition) is 1. The molecule has 0 bridgehead atoms. The molecule has 1 N–H and O–H groups in total. The van der Waals surface area contributed by atoms with Gasteiger partial charge in [0.15, 0.2) is 0 Å². The maximum atomic E-state index is 4.34. The summed E-state index contributed by atoms with van der Waals surface area (Å²) < 4.78 is 2.04. The van der Waals surface area contributed by atoms with Crippen LogP contribution in [0.4, 0.5) is 5.82 Å². The van der Waals surface area contributed by atoms with E-state index in [4.69, 9.17) is 0 Å². The Bertz CT molecular complexity index is 264. The van der Waals surface area contributed by atoms with Crippen LogP contribution in [0, 0.1) is 6.92 Å². The van der Waals surface area contributed by atoms with Crippen molar-refractivity contribution in [3.63, 3.8) is 0 Å². The summed E-state index contributed by atoms with van der Waals surface area (Å²) in [5.74, 6) is 1.17. The first-order valence-electron chi connectivity index (χ1n) is 4.07. The van der Waals surface area contributed by atoms with Gasteiger partial charge < -0.3 is 5.32 Å². The van der Waals surface area contributed by atoms with Crippen LogP contribution in [0.2, 0.25) is 0 Å². The van der Waals surface area contributed by atoms with Crippen molar-refractivity contribution in [2.24, 2.45) is 0 Å². The summed E-state index contributed by atoms with van der Waals surface area (Å²) in [6.45, 7) is 5.28. The molecule has 11 heavy (non-hydrogen) atoms. The van der Waals surface area contributed by atoms with Crippen molar-refractivity contribution >= 4 is 5.82 Å². The Labute approximate surface area is 66.4 Å². The molecule has 0 aromatic carbocycles. The van der Waals surface area contributed by atoms with E-state index in [1.165, 1.54) is 12.2 Å². The van der Waals surface area contributed by atoms with Crippen molar-refractivity contribution in [1.82, 2.24) is 9.78 Å². The van der Waals surface area contributed by atoms with Crippen molar-refractivity contribution in [2.45, 2.75) is 32.9 Å². The fourth-order valence-corrected chi connectivity index (χ4v) is 1.47. The van der Waals surface area contributed by atoms with Gasteiger partial charge in [0.25, 0.3) is 0 Å². The summed E-state index contributed by atoms with van der Waals surface area (Å²) in [5.41, 5.74) is 1.10. The molecule has 1 aliphatic heterocycles. The number of rotatable bonds is 0. The fourth-order valence-electron chi connectivity index (χ4n) is 1.47. The Kier molecular flexibility index (Phi) is 1.37. The van der Waals surface area contributed by atoms with E-state index in [0.717, 1.165) is 12.2 Å². The van der Waals surface area contributed by atoms with Crippen LogP contribution in [-0.2, 0) is 6.54 Å². The highest BCUT2D eigenvalue weighted by atomic mass is 15.3. The Morgan fingerprint density at radius 2 is 2.55 bits per heavy atom. The molecule has 1 aromatic rings. The molecule has 0 saturated heterocycles. The Hall–Kier alpha value is -0.990. The Morgan fingerprint density at radius 3 is 3.36 bits per heavy atom. The predicted molar refractivity (Wildman–Crippen MR) is 44.7 cm³/mol. The molecular formula is C8H13N3. The Balaban J connectivity index is 2.34. The monoisotopic (exact) mass is 151 g/mol. The van der Waals surface area contributed by atoms with Crippen LogP contribution >= 0.6 is 0 Å². The summed E-state index contributed by atoms with van der Waals surface area (Å²) in [6.07, 6.45) is 1.17. The molecule has 3 nitrogen and oxygen atoms in total. The number of nitrogens with one attached hydrogen (secondary N) is 1. The van der Waals surface area contributed by atoms with Crippen LogP contribution in [0.25, 0.3) is 0 Å². The smallest absolute Gasteiger partial charge is 0.124 e. The van der Waals surface area contributed by atoms with Crippen LogP contribution in [0.1, 0.15) is 19.0 Å². The van der Waals surface area contributed by atoms with Crippen LogP contribution in [0.15, 0.2) is 6.07 Å². The zero-order chi connectivity index (χ0) is 7.84.